The van der Waals surface area contributed by atoms with Gasteiger partial charge in [0.1, 0.15) is 11.4 Å². The van der Waals surface area contributed by atoms with Crippen molar-refractivity contribution >= 4 is 34.8 Å². The fourth-order valence-corrected chi connectivity index (χ4v) is 3.27. The van der Waals surface area contributed by atoms with Crippen LogP contribution < -0.4 is 5.32 Å². The number of hydrogen-bond donors (Lipinski definition) is 3. The average molecular weight is 404 g/mol. The second-order valence-corrected chi connectivity index (χ2v) is 7.47. The number of rotatable bonds is 4. The minimum Gasteiger partial charge on any atom is -0.508 e. The van der Waals surface area contributed by atoms with Crippen LogP contribution in [-0.2, 0) is 0 Å². The van der Waals surface area contributed by atoms with Gasteiger partial charge in [0.15, 0.2) is 0 Å². The Morgan fingerprint density at radius 2 is 1.93 bits per heavy atom. The summed E-state index contributed by atoms with van der Waals surface area (Å²) in [7, 11) is 0. The fourth-order valence-electron chi connectivity index (χ4n) is 2.77. The van der Waals surface area contributed by atoms with Gasteiger partial charge in [0.2, 0.25) is 0 Å². The third-order valence-electron chi connectivity index (χ3n) is 4.27. The molecule has 3 N–H and O–H groups in total. The number of phenols is 1. The van der Waals surface area contributed by atoms with Gasteiger partial charge in [-0.05, 0) is 60.4 Å². The van der Waals surface area contributed by atoms with Crippen LogP contribution in [0.1, 0.15) is 41.4 Å². The number of aryl methyl sites for hydroxylation is 1. The van der Waals surface area contributed by atoms with E-state index in [2.05, 4.69) is 15.5 Å². The summed E-state index contributed by atoms with van der Waals surface area (Å²) in [4.78, 5) is 12.6. The Morgan fingerprint density at radius 1 is 1.19 bits per heavy atom. The number of carbonyl (C=O) groups excluding carboxylic acids is 1. The summed E-state index contributed by atoms with van der Waals surface area (Å²) in [6, 6.07) is 10.2. The predicted molar refractivity (Wildman–Crippen MR) is 109 cm³/mol. The first-order valence-electron chi connectivity index (χ1n) is 8.42. The highest BCUT2D eigenvalue weighted by atomic mass is 35.5. The maximum Gasteiger partial charge on any atom is 0.273 e. The monoisotopic (exact) mass is 403 g/mol. The Labute approximate surface area is 167 Å². The van der Waals surface area contributed by atoms with Crippen LogP contribution in [0.25, 0.3) is 11.3 Å². The molecule has 7 heteroatoms. The summed E-state index contributed by atoms with van der Waals surface area (Å²) in [5, 5.41) is 20.8. The van der Waals surface area contributed by atoms with Crippen molar-refractivity contribution in [3.63, 3.8) is 0 Å². The Morgan fingerprint density at radius 3 is 2.59 bits per heavy atom. The van der Waals surface area contributed by atoms with Gasteiger partial charge in [0.05, 0.1) is 10.7 Å². The van der Waals surface area contributed by atoms with Crippen LogP contribution >= 0.6 is 23.2 Å². The van der Waals surface area contributed by atoms with E-state index >= 15 is 0 Å². The van der Waals surface area contributed by atoms with E-state index in [0.717, 1.165) is 11.1 Å². The van der Waals surface area contributed by atoms with Gasteiger partial charge in [-0.25, -0.2) is 0 Å². The molecule has 0 fully saturated rings. The van der Waals surface area contributed by atoms with E-state index in [1.54, 1.807) is 36.4 Å². The lowest BCUT2D eigenvalue weighted by Gasteiger charge is -2.14. The van der Waals surface area contributed by atoms with E-state index in [1.807, 2.05) is 20.8 Å². The van der Waals surface area contributed by atoms with Crippen LogP contribution in [0.4, 0.5) is 5.69 Å². The maximum atomic E-state index is 12.6. The van der Waals surface area contributed by atoms with Crippen molar-refractivity contribution in [1.29, 1.82) is 0 Å². The summed E-state index contributed by atoms with van der Waals surface area (Å²) < 4.78 is 0. The molecule has 0 radical (unpaired) electrons. The molecule has 0 saturated carbocycles. The standard InChI is InChI=1S/C20H19Cl2N3O2/c1-10(2)14-8-16(11(3)6-19(14)26)23-20(27)18-9-17(24-25-18)13-5-4-12(21)7-15(13)22/h4-10,26H,1-3H3,(H,23,27)(H,24,25). The number of nitrogens with zero attached hydrogens (tertiary/aromatic N) is 1. The van der Waals surface area contributed by atoms with Crippen LogP contribution in [0.2, 0.25) is 10.0 Å². The van der Waals surface area contributed by atoms with Gasteiger partial charge in [-0.1, -0.05) is 37.0 Å². The molecule has 27 heavy (non-hydrogen) atoms. The van der Waals surface area contributed by atoms with Crippen LogP contribution in [0.3, 0.4) is 0 Å². The van der Waals surface area contributed by atoms with Crippen LogP contribution in [0.15, 0.2) is 36.4 Å². The van der Waals surface area contributed by atoms with E-state index < -0.39 is 0 Å². The van der Waals surface area contributed by atoms with Gasteiger partial charge < -0.3 is 10.4 Å². The van der Waals surface area contributed by atoms with E-state index in [1.165, 1.54) is 0 Å². The zero-order chi connectivity index (χ0) is 19.7. The molecule has 3 rings (SSSR count). The van der Waals surface area contributed by atoms with Gasteiger partial charge in [0.25, 0.3) is 5.91 Å². The highest BCUT2D eigenvalue weighted by molar-refractivity contribution is 6.36. The van der Waals surface area contributed by atoms with Crippen molar-refractivity contribution in [1.82, 2.24) is 10.2 Å². The molecular weight excluding hydrogens is 385 g/mol. The van der Waals surface area contributed by atoms with Crippen molar-refractivity contribution < 1.29 is 9.90 Å². The molecule has 5 nitrogen and oxygen atoms in total. The topological polar surface area (TPSA) is 78.0 Å². The average Bonchev–Trinajstić information content (AvgIpc) is 3.06. The lowest BCUT2D eigenvalue weighted by Crippen LogP contribution is -2.13. The van der Waals surface area contributed by atoms with Gasteiger partial charge in [-0.3, -0.25) is 9.89 Å². The normalized spacial score (nSPS) is 11.0. The number of anilines is 1. The predicted octanol–water partition coefficient (Wildman–Crippen LogP) is 5.77. The zero-order valence-electron chi connectivity index (χ0n) is 15.1. The summed E-state index contributed by atoms with van der Waals surface area (Å²) in [6.45, 7) is 5.78. The fraction of sp³-hybridized carbons (Fsp3) is 0.200. The molecule has 0 atom stereocenters. The Bertz CT molecular complexity index is 1010. The van der Waals surface area contributed by atoms with E-state index in [9.17, 15) is 9.90 Å². The van der Waals surface area contributed by atoms with E-state index in [4.69, 9.17) is 23.2 Å². The number of benzene rings is 2. The molecule has 0 unspecified atom stereocenters. The second kappa shape index (κ2) is 7.62. The molecular formula is C20H19Cl2N3O2. The Kier molecular flexibility index (Phi) is 5.44. The van der Waals surface area contributed by atoms with Crippen molar-refractivity contribution in [3.05, 3.63) is 63.3 Å². The summed E-state index contributed by atoms with van der Waals surface area (Å²) in [6.07, 6.45) is 0. The number of phenolic OH excluding ortho intramolecular Hbond substituents is 1. The molecule has 1 amide bonds. The minimum atomic E-state index is -0.331. The molecule has 1 heterocycles. The van der Waals surface area contributed by atoms with E-state index in [-0.39, 0.29) is 17.6 Å². The van der Waals surface area contributed by atoms with Gasteiger partial charge in [-0.2, -0.15) is 5.10 Å². The molecule has 0 saturated heterocycles. The molecule has 0 aliphatic heterocycles. The van der Waals surface area contributed by atoms with Crippen molar-refractivity contribution in [3.8, 4) is 17.0 Å². The smallest absolute Gasteiger partial charge is 0.273 e. The van der Waals surface area contributed by atoms with Crippen LogP contribution in [0.5, 0.6) is 5.75 Å². The number of carbonyl (C=O) groups is 1. The molecule has 1 aromatic heterocycles. The highest BCUT2D eigenvalue weighted by Crippen LogP contribution is 2.32. The summed E-state index contributed by atoms with van der Waals surface area (Å²) >= 11 is 12.1. The van der Waals surface area contributed by atoms with Crippen molar-refractivity contribution in [2.24, 2.45) is 0 Å². The molecule has 0 aliphatic carbocycles. The number of nitrogens with one attached hydrogen (secondary N) is 2. The SMILES string of the molecule is Cc1cc(O)c(C(C)C)cc1NC(=O)c1cc(-c2ccc(Cl)cc2Cl)n[nH]1. The van der Waals surface area contributed by atoms with E-state index in [0.29, 0.717) is 32.7 Å². The minimum absolute atomic E-state index is 0.132. The second-order valence-electron chi connectivity index (χ2n) is 6.63. The first kappa shape index (κ1) is 19.3. The van der Waals surface area contributed by atoms with Gasteiger partial charge >= 0.3 is 0 Å². The molecule has 3 aromatic rings. The number of H-pyrrole nitrogens is 1. The van der Waals surface area contributed by atoms with Crippen molar-refractivity contribution in [2.75, 3.05) is 5.32 Å². The molecule has 2 aromatic carbocycles. The van der Waals surface area contributed by atoms with Crippen LogP contribution in [-0.4, -0.2) is 21.2 Å². The first-order valence-corrected chi connectivity index (χ1v) is 9.17. The summed E-state index contributed by atoms with van der Waals surface area (Å²) in [5.41, 5.74) is 3.71. The summed E-state index contributed by atoms with van der Waals surface area (Å²) in [5.74, 6) is 0.0242. The highest BCUT2D eigenvalue weighted by Gasteiger charge is 2.16. The quantitative estimate of drug-likeness (QED) is 0.483. The number of aromatic hydroxyl groups is 1. The van der Waals surface area contributed by atoms with Gasteiger partial charge in [0, 0.05) is 16.3 Å². The zero-order valence-corrected chi connectivity index (χ0v) is 16.6. The molecule has 0 bridgehead atoms. The van der Waals surface area contributed by atoms with Crippen LogP contribution in [0, 0.1) is 6.92 Å². The van der Waals surface area contributed by atoms with Gasteiger partial charge in [-0.15, -0.1) is 0 Å². The number of hydrogen-bond acceptors (Lipinski definition) is 3. The largest absolute Gasteiger partial charge is 0.508 e. The molecule has 0 spiro atoms. The third kappa shape index (κ3) is 4.10. The first-order chi connectivity index (χ1) is 12.8. The number of aromatic amines is 1. The Hall–Kier alpha value is -2.50. The number of halogens is 2. The molecule has 0 aliphatic rings. The lowest BCUT2D eigenvalue weighted by molar-refractivity contribution is 0.102. The molecule has 140 valence electrons. The lowest BCUT2D eigenvalue weighted by atomic mass is 9.99. The van der Waals surface area contributed by atoms with Crippen molar-refractivity contribution in [2.45, 2.75) is 26.7 Å². The Balaban J connectivity index is 1.86. The third-order valence-corrected chi connectivity index (χ3v) is 4.82. The number of aromatic nitrogens is 2. The number of amides is 1. The maximum absolute atomic E-state index is 12.6.